The van der Waals surface area contributed by atoms with E-state index in [9.17, 15) is 14.0 Å². The SMILES string of the molecule is CC(C)C(NC(=O)CCNC(=O)c1cc(F)ccc1Br)c1nc(-c2ccncc2)no1. The summed E-state index contributed by atoms with van der Waals surface area (Å²) in [6.07, 6.45) is 3.29. The van der Waals surface area contributed by atoms with E-state index < -0.39 is 17.8 Å². The van der Waals surface area contributed by atoms with Crippen molar-refractivity contribution in [2.75, 3.05) is 6.54 Å². The molecule has 1 aromatic carbocycles. The van der Waals surface area contributed by atoms with Crippen LogP contribution in [0, 0.1) is 11.7 Å². The van der Waals surface area contributed by atoms with Crippen LogP contribution in [0.3, 0.4) is 0 Å². The van der Waals surface area contributed by atoms with Crippen molar-refractivity contribution in [2.45, 2.75) is 26.3 Å². The molecule has 0 bridgehead atoms. The van der Waals surface area contributed by atoms with E-state index in [2.05, 4.69) is 41.7 Å². The minimum absolute atomic E-state index is 0.00692. The molecule has 0 aliphatic carbocycles. The number of rotatable bonds is 8. The van der Waals surface area contributed by atoms with Gasteiger partial charge in [-0.1, -0.05) is 19.0 Å². The van der Waals surface area contributed by atoms with Gasteiger partial charge in [0.1, 0.15) is 11.9 Å². The maximum atomic E-state index is 13.4. The van der Waals surface area contributed by atoms with E-state index in [0.29, 0.717) is 16.2 Å². The summed E-state index contributed by atoms with van der Waals surface area (Å²) in [5, 5.41) is 9.45. The van der Waals surface area contributed by atoms with Crippen LogP contribution in [-0.4, -0.2) is 33.5 Å². The molecule has 2 N–H and O–H groups in total. The van der Waals surface area contributed by atoms with Gasteiger partial charge in [0.05, 0.1) is 5.56 Å². The first-order chi connectivity index (χ1) is 14.8. The van der Waals surface area contributed by atoms with E-state index in [1.165, 1.54) is 12.1 Å². The molecule has 1 atom stereocenters. The lowest BCUT2D eigenvalue weighted by molar-refractivity contribution is -0.122. The number of hydrogen-bond acceptors (Lipinski definition) is 6. The third kappa shape index (κ3) is 5.94. The quantitative estimate of drug-likeness (QED) is 0.499. The molecule has 162 valence electrons. The maximum absolute atomic E-state index is 13.4. The number of aromatic nitrogens is 3. The molecule has 2 amide bonds. The Morgan fingerprint density at radius 3 is 2.65 bits per heavy atom. The lowest BCUT2D eigenvalue weighted by atomic mass is 10.0. The minimum Gasteiger partial charge on any atom is -0.351 e. The fourth-order valence-electron chi connectivity index (χ4n) is 2.80. The standard InChI is InChI=1S/C21H21BrFN5O3/c1-12(2)18(21-27-19(28-31-21)13-5-8-24-9-6-13)26-17(29)7-10-25-20(30)15-11-14(23)3-4-16(15)22/h3-6,8-9,11-12,18H,7,10H2,1-2H3,(H,25,30)(H,26,29). The number of halogens is 2. The van der Waals surface area contributed by atoms with Crippen LogP contribution in [0.25, 0.3) is 11.4 Å². The minimum atomic E-state index is -0.517. The van der Waals surface area contributed by atoms with Crippen molar-refractivity contribution < 1.29 is 18.5 Å². The summed E-state index contributed by atoms with van der Waals surface area (Å²) in [5.41, 5.74) is 0.917. The molecule has 0 fully saturated rings. The smallest absolute Gasteiger partial charge is 0.252 e. The number of carbonyl (C=O) groups excluding carboxylic acids is 2. The second-order valence-electron chi connectivity index (χ2n) is 7.11. The number of benzene rings is 1. The van der Waals surface area contributed by atoms with Gasteiger partial charge >= 0.3 is 0 Å². The summed E-state index contributed by atoms with van der Waals surface area (Å²) in [5.74, 6) is -0.586. The average molecular weight is 490 g/mol. The fourth-order valence-corrected chi connectivity index (χ4v) is 3.22. The summed E-state index contributed by atoms with van der Waals surface area (Å²) in [4.78, 5) is 33.0. The molecule has 31 heavy (non-hydrogen) atoms. The largest absolute Gasteiger partial charge is 0.351 e. The monoisotopic (exact) mass is 489 g/mol. The zero-order valence-electron chi connectivity index (χ0n) is 16.9. The Morgan fingerprint density at radius 1 is 1.19 bits per heavy atom. The predicted octanol–water partition coefficient (Wildman–Crippen LogP) is 3.67. The Kier molecular flexibility index (Phi) is 7.45. The third-order valence-corrected chi connectivity index (χ3v) is 5.13. The van der Waals surface area contributed by atoms with Crippen molar-refractivity contribution >= 4 is 27.7 Å². The number of pyridine rings is 1. The molecule has 10 heteroatoms. The van der Waals surface area contributed by atoms with Crippen molar-refractivity contribution in [3.8, 4) is 11.4 Å². The highest BCUT2D eigenvalue weighted by molar-refractivity contribution is 9.10. The first-order valence-corrected chi connectivity index (χ1v) is 10.4. The van der Waals surface area contributed by atoms with E-state index >= 15 is 0 Å². The highest BCUT2D eigenvalue weighted by atomic mass is 79.9. The van der Waals surface area contributed by atoms with Crippen LogP contribution < -0.4 is 10.6 Å². The van der Waals surface area contributed by atoms with E-state index in [1.807, 2.05) is 13.8 Å². The van der Waals surface area contributed by atoms with Crippen LogP contribution in [0.1, 0.15) is 42.6 Å². The van der Waals surface area contributed by atoms with Gasteiger partial charge in [-0.25, -0.2) is 4.39 Å². The van der Waals surface area contributed by atoms with Crippen molar-refractivity contribution in [2.24, 2.45) is 5.92 Å². The van der Waals surface area contributed by atoms with Gasteiger partial charge in [-0.05, 0) is 52.2 Å². The molecule has 2 aromatic heterocycles. The lowest BCUT2D eigenvalue weighted by Crippen LogP contribution is -2.35. The molecule has 3 aromatic rings. The van der Waals surface area contributed by atoms with E-state index in [4.69, 9.17) is 4.52 Å². The molecule has 0 spiro atoms. The summed E-state index contributed by atoms with van der Waals surface area (Å²) in [6, 6.07) is 6.87. The molecule has 2 heterocycles. The second-order valence-corrected chi connectivity index (χ2v) is 7.97. The van der Waals surface area contributed by atoms with E-state index in [1.54, 1.807) is 24.5 Å². The van der Waals surface area contributed by atoms with Crippen molar-refractivity contribution in [3.05, 3.63) is 64.5 Å². The Labute approximate surface area is 186 Å². The summed E-state index contributed by atoms with van der Waals surface area (Å²) in [6.45, 7) is 3.93. The lowest BCUT2D eigenvalue weighted by Gasteiger charge is -2.18. The molecule has 0 aliphatic rings. The Bertz CT molecular complexity index is 1060. The highest BCUT2D eigenvalue weighted by Crippen LogP contribution is 2.23. The first-order valence-electron chi connectivity index (χ1n) is 9.61. The van der Waals surface area contributed by atoms with Crippen molar-refractivity contribution in [1.82, 2.24) is 25.8 Å². The molecule has 0 saturated heterocycles. The molecule has 1 unspecified atom stereocenters. The van der Waals surface area contributed by atoms with Crippen LogP contribution in [0.2, 0.25) is 0 Å². The van der Waals surface area contributed by atoms with Crippen LogP contribution >= 0.6 is 15.9 Å². The Balaban J connectivity index is 1.57. The van der Waals surface area contributed by atoms with Crippen molar-refractivity contribution in [3.63, 3.8) is 0 Å². The van der Waals surface area contributed by atoms with Gasteiger partial charge in [0.2, 0.25) is 17.6 Å². The maximum Gasteiger partial charge on any atom is 0.252 e. The molecular weight excluding hydrogens is 469 g/mol. The zero-order valence-corrected chi connectivity index (χ0v) is 18.5. The Morgan fingerprint density at radius 2 is 1.94 bits per heavy atom. The molecule has 0 radical (unpaired) electrons. The summed E-state index contributed by atoms with van der Waals surface area (Å²) in [7, 11) is 0. The summed E-state index contributed by atoms with van der Waals surface area (Å²) >= 11 is 3.21. The van der Waals surface area contributed by atoms with Gasteiger partial charge in [-0.15, -0.1) is 0 Å². The third-order valence-electron chi connectivity index (χ3n) is 4.44. The Hall–Kier alpha value is -3.14. The van der Waals surface area contributed by atoms with E-state index in [-0.39, 0.29) is 30.4 Å². The molecule has 3 rings (SSSR count). The highest BCUT2D eigenvalue weighted by Gasteiger charge is 2.25. The average Bonchev–Trinajstić information content (AvgIpc) is 3.24. The van der Waals surface area contributed by atoms with Crippen LogP contribution in [0.5, 0.6) is 0 Å². The predicted molar refractivity (Wildman–Crippen MR) is 114 cm³/mol. The second kappa shape index (κ2) is 10.3. The number of carbonyl (C=O) groups is 2. The van der Waals surface area contributed by atoms with Crippen LogP contribution in [-0.2, 0) is 4.79 Å². The van der Waals surface area contributed by atoms with Crippen LogP contribution in [0.4, 0.5) is 4.39 Å². The number of nitrogens with one attached hydrogen (secondary N) is 2. The number of nitrogens with zero attached hydrogens (tertiary/aromatic N) is 3. The van der Waals surface area contributed by atoms with Gasteiger partial charge in [0.25, 0.3) is 5.91 Å². The topological polar surface area (TPSA) is 110 Å². The zero-order chi connectivity index (χ0) is 22.4. The molecule has 0 saturated carbocycles. The fraction of sp³-hybridized carbons (Fsp3) is 0.286. The molecule has 8 nitrogen and oxygen atoms in total. The van der Waals surface area contributed by atoms with Gasteiger partial charge in [-0.2, -0.15) is 4.98 Å². The first kappa shape index (κ1) is 22.5. The van der Waals surface area contributed by atoms with Crippen LogP contribution in [0.15, 0.2) is 51.7 Å². The molecule has 0 aliphatic heterocycles. The summed E-state index contributed by atoms with van der Waals surface area (Å²) < 4.78 is 19.2. The van der Waals surface area contributed by atoms with E-state index in [0.717, 1.165) is 11.6 Å². The van der Waals surface area contributed by atoms with Gasteiger partial charge in [0, 0.05) is 35.4 Å². The molecular formula is C21H21BrFN5O3. The normalized spacial score (nSPS) is 11.9. The van der Waals surface area contributed by atoms with Crippen molar-refractivity contribution in [1.29, 1.82) is 0 Å². The van der Waals surface area contributed by atoms with Gasteiger partial charge in [0.15, 0.2) is 0 Å². The number of amides is 2. The number of hydrogen-bond donors (Lipinski definition) is 2. The van der Waals surface area contributed by atoms with Gasteiger partial charge < -0.3 is 15.2 Å². The van der Waals surface area contributed by atoms with Gasteiger partial charge in [-0.3, -0.25) is 14.6 Å².